The number of fused-ring (bicyclic) bond motifs is 1. The predicted molar refractivity (Wildman–Crippen MR) is 119 cm³/mol. The molecule has 0 radical (unpaired) electrons. The minimum absolute atomic E-state index is 0.00270. The lowest BCUT2D eigenvalue weighted by atomic mass is 9.92. The number of ketones is 1. The second-order valence-corrected chi connectivity index (χ2v) is 9.10. The summed E-state index contributed by atoms with van der Waals surface area (Å²) in [5.41, 5.74) is 2.49. The van der Waals surface area contributed by atoms with E-state index in [2.05, 4.69) is 15.1 Å². The number of hydrogen-bond donors (Lipinski definition) is 2. The van der Waals surface area contributed by atoms with E-state index >= 15 is 0 Å². The Kier molecular flexibility index (Phi) is 6.94. The molecule has 4 rings (SSSR count). The van der Waals surface area contributed by atoms with Gasteiger partial charge in [-0.1, -0.05) is 30.3 Å². The Labute approximate surface area is 181 Å². The number of thiophene rings is 1. The summed E-state index contributed by atoms with van der Waals surface area (Å²) in [4.78, 5) is 31.7. The van der Waals surface area contributed by atoms with E-state index in [1.165, 1.54) is 4.88 Å². The molecular formula is C23H29N3O3S. The molecule has 2 aromatic rings. The zero-order valence-electron chi connectivity index (χ0n) is 17.2. The van der Waals surface area contributed by atoms with Crippen LogP contribution in [0.1, 0.15) is 39.2 Å². The van der Waals surface area contributed by atoms with E-state index < -0.39 is 0 Å². The van der Waals surface area contributed by atoms with Crippen molar-refractivity contribution in [1.82, 2.24) is 9.80 Å². The molecule has 2 N–H and O–H groups in total. The monoisotopic (exact) mass is 427 g/mol. The highest BCUT2D eigenvalue weighted by Crippen LogP contribution is 2.39. The zero-order valence-corrected chi connectivity index (χ0v) is 18.0. The third-order valence-electron chi connectivity index (χ3n) is 5.94. The number of β-amino-alcohol motifs (C(OH)–C–C–N with tert-alkyl or cyclic N) is 1. The number of nitrogens with one attached hydrogen (secondary N) is 1. The first-order valence-corrected chi connectivity index (χ1v) is 11.6. The highest BCUT2D eigenvalue weighted by atomic mass is 32.1. The summed E-state index contributed by atoms with van der Waals surface area (Å²) in [6.07, 6.45) is 4.11. The summed E-state index contributed by atoms with van der Waals surface area (Å²) in [6, 6.07) is 9.34. The molecule has 2 heterocycles. The summed E-state index contributed by atoms with van der Waals surface area (Å²) < 4.78 is 0. The lowest BCUT2D eigenvalue weighted by Gasteiger charge is -2.33. The van der Waals surface area contributed by atoms with E-state index in [4.69, 9.17) is 5.11 Å². The van der Waals surface area contributed by atoms with Gasteiger partial charge in [-0.15, -0.1) is 11.3 Å². The molecule has 30 heavy (non-hydrogen) atoms. The van der Waals surface area contributed by atoms with Crippen molar-refractivity contribution in [2.45, 2.75) is 25.7 Å². The highest BCUT2D eigenvalue weighted by Gasteiger charge is 2.27. The number of rotatable bonds is 7. The van der Waals surface area contributed by atoms with E-state index in [0.29, 0.717) is 29.2 Å². The molecule has 0 atom stereocenters. The second kappa shape index (κ2) is 9.83. The van der Waals surface area contributed by atoms with Gasteiger partial charge in [0.2, 0.25) is 5.91 Å². The van der Waals surface area contributed by atoms with E-state index in [1.807, 2.05) is 30.3 Å². The standard InChI is InChI=1S/C23H29N3O3S/c27-15-14-25-10-12-26(13-11-25)16-20(28)24-23-21(18-8-4-5-9-19(18)30-23)22(29)17-6-2-1-3-7-17/h1-3,6-7,27H,4-5,8-16H2,(H,24,28). The highest BCUT2D eigenvalue weighted by molar-refractivity contribution is 7.17. The van der Waals surface area contributed by atoms with Crippen molar-refractivity contribution in [3.05, 3.63) is 51.9 Å². The van der Waals surface area contributed by atoms with Gasteiger partial charge < -0.3 is 10.4 Å². The van der Waals surface area contributed by atoms with Gasteiger partial charge in [-0.3, -0.25) is 19.4 Å². The third kappa shape index (κ3) is 4.81. The molecule has 1 aromatic carbocycles. The fourth-order valence-corrected chi connectivity index (χ4v) is 5.61. The molecule has 0 bridgehead atoms. The molecule has 1 fully saturated rings. The molecule has 1 saturated heterocycles. The first kappa shape index (κ1) is 21.2. The number of anilines is 1. The van der Waals surface area contributed by atoms with Gasteiger partial charge >= 0.3 is 0 Å². The average Bonchev–Trinajstić information content (AvgIpc) is 3.13. The van der Waals surface area contributed by atoms with Crippen LogP contribution in [0.15, 0.2) is 30.3 Å². The molecule has 1 amide bonds. The van der Waals surface area contributed by atoms with Gasteiger partial charge in [-0.05, 0) is 31.2 Å². The van der Waals surface area contributed by atoms with Crippen LogP contribution in [0.2, 0.25) is 0 Å². The van der Waals surface area contributed by atoms with Gasteiger partial charge in [-0.2, -0.15) is 0 Å². The molecule has 7 heteroatoms. The number of nitrogens with zero attached hydrogens (tertiary/aromatic N) is 2. The van der Waals surface area contributed by atoms with Crippen molar-refractivity contribution < 1.29 is 14.7 Å². The Bertz CT molecular complexity index is 889. The lowest BCUT2D eigenvalue weighted by Crippen LogP contribution is -2.49. The van der Waals surface area contributed by atoms with Crippen molar-refractivity contribution in [1.29, 1.82) is 0 Å². The minimum Gasteiger partial charge on any atom is -0.395 e. The SMILES string of the molecule is O=C(CN1CCN(CCO)CC1)Nc1sc2c(c1C(=O)c1ccccc1)CCCC2. The number of amides is 1. The topological polar surface area (TPSA) is 72.9 Å². The molecule has 0 unspecified atom stereocenters. The van der Waals surface area contributed by atoms with Crippen LogP contribution in [-0.2, 0) is 17.6 Å². The first-order chi connectivity index (χ1) is 14.7. The van der Waals surface area contributed by atoms with Gasteiger partial charge in [-0.25, -0.2) is 0 Å². The van der Waals surface area contributed by atoms with Crippen LogP contribution in [0.25, 0.3) is 0 Å². The normalized spacial score (nSPS) is 17.5. The van der Waals surface area contributed by atoms with E-state index in [-0.39, 0.29) is 18.3 Å². The zero-order chi connectivity index (χ0) is 20.9. The summed E-state index contributed by atoms with van der Waals surface area (Å²) in [5, 5.41) is 12.8. The van der Waals surface area contributed by atoms with E-state index in [0.717, 1.165) is 57.4 Å². The maximum absolute atomic E-state index is 13.3. The largest absolute Gasteiger partial charge is 0.395 e. The van der Waals surface area contributed by atoms with Gasteiger partial charge in [0.25, 0.3) is 0 Å². The fraction of sp³-hybridized carbons (Fsp3) is 0.478. The maximum atomic E-state index is 13.3. The van der Waals surface area contributed by atoms with Crippen molar-refractivity contribution in [3.8, 4) is 0 Å². The Balaban J connectivity index is 1.48. The van der Waals surface area contributed by atoms with Gasteiger partial charge in [0.1, 0.15) is 5.00 Å². The summed E-state index contributed by atoms with van der Waals surface area (Å²) in [5.74, 6) is -0.0609. The van der Waals surface area contributed by atoms with Gasteiger partial charge in [0.05, 0.1) is 18.7 Å². The number of benzene rings is 1. The molecule has 1 aliphatic heterocycles. The van der Waals surface area contributed by atoms with Crippen LogP contribution in [0, 0.1) is 0 Å². The quantitative estimate of drug-likeness (QED) is 0.664. The number of hydrogen-bond acceptors (Lipinski definition) is 6. The van der Waals surface area contributed by atoms with Crippen LogP contribution in [0.4, 0.5) is 5.00 Å². The average molecular weight is 428 g/mol. The van der Waals surface area contributed by atoms with E-state index in [1.54, 1.807) is 11.3 Å². The van der Waals surface area contributed by atoms with Gasteiger partial charge in [0.15, 0.2) is 5.78 Å². The molecule has 0 saturated carbocycles. The first-order valence-electron chi connectivity index (χ1n) is 10.8. The smallest absolute Gasteiger partial charge is 0.239 e. The van der Waals surface area contributed by atoms with Crippen molar-refractivity contribution in [3.63, 3.8) is 0 Å². The number of carbonyl (C=O) groups excluding carboxylic acids is 2. The lowest BCUT2D eigenvalue weighted by molar-refractivity contribution is -0.117. The molecule has 2 aliphatic rings. The Morgan fingerprint density at radius 3 is 2.43 bits per heavy atom. The number of carbonyl (C=O) groups is 2. The van der Waals surface area contributed by atoms with E-state index in [9.17, 15) is 9.59 Å². The Morgan fingerprint density at radius 2 is 1.70 bits per heavy atom. The number of piperazine rings is 1. The maximum Gasteiger partial charge on any atom is 0.239 e. The molecular weight excluding hydrogens is 398 g/mol. The van der Waals surface area contributed by atoms with Crippen LogP contribution in [-0.4, -0.2) is 72.5 Å². The van der Waals surface area contributed by atoms with Crippen LogP contribution < -0.4 is 5.32 Å². The van der Waals surface area contributed by atoms with Crippen LogP contribution in [0.5, 0.6) is 0 Å². The summed E-state index contributed by atoms with van der Waals surface area (Å²) in [6.45, 7) is 4.52. The molecule has 0 spiro atoms. The molecule has 160 valence electrons. The number of aliphatic hydroxyl groups excluding tert-OH is 1. The number of aryl methyl sites for hydroxylation is 1. The second-order valence-electron chi connectivity index (χ2n) is 8.00. The number of aliphatic hydroxyl groups is 1. The van der Waals surface area contributed by atoms with Crippen LogP contribution in [0.3, 0.4) is 0 Å². The van der Waals surface area contributed by atoms with Crippen LogP contribution >= 0.6 is 11.3 Å². The van der Waals surface area contributed by atoms with Crippen molar-refractivity contribution >= 4 is 28.0 Å². The van der Waals surface area contributed by atoms with Crippen molar-refractivity contribution in [2.24, 2.45) is 0 Å². The summed E-state index contributed by atoms with van der Waals surface area (Å²) >= 11 is 1.57. The third-order valence-corrected chi connectivity index (χ3v) is 7.14. The summed E-state index contributed by atoms with van der Waals surface area (Å²) in [7, 11) is 0. The van der Waals surface area contributed by atoms with Gasteiger partial charge in [0, 0.05) is 43.2 Å². The Morgan fingerprint density at radius 1 is 1.00 bits per heavy atom. The molecule has 1 aliphatic carbocycles. The predicted octanol–water partition coefficient (Wildman–Crippen LogP) is 2.41. The molecule has 6 nitrogen and oxygen atoms in total. The molecule has 1 aromatic heterocycles. The van der Waals surface area contributed by atoms with Crippen molar-refractivity contribution in [2.75, 3.05) is 51.2 Å². The minimum atomic E-state index is -0.0636. The Hall–Kier alpha value is -2.06. The fourth-order valence-electron chi connectivity index (χ4n) is 4.31.